The maximum Gasteiger partial charge on any atom is 0.244 e. The predicted octanol–water partition coefficient (Wildman–Crippen LogP) is -0.200. The van der Waals surface area contributed by atoms with Crippen LogP contribution in [0.2, 0.25) is 0 Å². The van der Waals surface area contributed by atoms with Gasteiger partial charge in [0.1, 0.15) is 64.8 Å². The first kappa shape index (κ1) is 40.2. The van der Waals surface area contributed by atoms with Gasteiger partial charge in [-0.3, -0.25) is 9.59 Å². The van der Waals surface area contributed by atoms with Crippen LogP contribution in [-0.4, -0.2) is 130 Å². The van der Waals surface area contributed by atoms with Crippen LogP contribution in [0.1, 0.15) is 17.5 Å². The summed E-state index contributed by atoms with van der Waals surface area (Å²) >= 11 is 0. The number of benzene rings is 3. The second-order valence-corrected chi connectivity index (χ2v) is 13.7. The van der Waals surface area contributed by atoms with E-state index < -0.39 is 109 Å². The molecule has 2 heterocycles. The smallest absolute Gasteiger partial charge is 0.244 e. The van der Waals surface area contributed by atoms with Crippen LogP contribution in [-0.2, 0) is 14.3 Å². The first-order valence-electron chi connectivity index (χ1n) is 17.4. The number of carbonyl (C=O) groups is 1. The Morgan fingerprint density at radius 2 is 1.59 bits per heavy atom. The summed E-state index contributed by atoms with van der Waals surface area (Å²) in [6.07, 6.45) is -11.4. The van der Waals surface area contributed by atoms with E-state index in [-0.39, 0.29) is 40.2 Å². The average molecular weight is 784 g/mol. The Morgan fingerprint density at radius 1 is 0.857 bits per heavy atom. The van der Waals surface area contributed by atoms with Gasteiger partial charge >= 0.3 is 0 Å². The van der Waals surface area contributed by atoms with Crippen molar-refractivity contribution in [3.8, 4) is 45.8 Å². The highest BCUT2D eigenvalue weighted by Crippen LogP contribution is 2.40. The summed E-state index contributed by atoms with van der Waals surface area (Å²) in [5.41, 5.74) is -0.163. The molecule has 2 fully saturated rings. The maximum atomic E-state index is 13.9. The SMILES string of the molecule is Cc1cc(-c2oc3cc(O)cc(O)c3c(=O)c2O[C@@H]2C[C@H](CO)[C@@H](O[C@@H]3O[C@H](CO)[C@H](NC(=O)/C=C/c4ccc(O)c(O)c4)[C@H](O)[C@H]3O)[C@H](O)[C@H]2O)ccc1O. The number of phenolic OH excluding ortho intramolecular Hbond substituents is 5. The van der Waals surface area contributed by atoms with Crippen molar-refractivity contribution in [2.75, 3.05) is 13.2 Å². The van der Waals surface area contributed by atoms with Crippen molar-refractivity contribution in [2.45, 2.75) is 68.4 Å². The van der Waals surface area contributed by atoms with Crippen molar-refractivity contribution in [1.29, 1.82) is 0 Å². The van der Waals surface area contributed by atoms with Crippen LogP contribution in [0.3, 0.4) is 0 Å². The molecule has 1 aliphatic carbocycles. The molecule has 12 N–H and O–H groups in total. The van der Waals surface area contributed by atoms with E-state index in [2.05, 4.69) is 5.32 Å². The second kappa shape index (κ2) is 16.3. The van der Waals surface area contributed by atoms with Crippen LogP contribution in [0.25, 0.3) is 28.4 Å². The fourth-order valence-corrected chi connectivity index (χ4v) is 6.83. The number of aromatic hydroxyl groups is 5. The molecule has 18 nitrogen and oxygen atoms in total. The summed E-state index contributed by atoms with van der Waals surface area (Å²) in [6, 6.07) is 8.67. The zero-order chi connectivity index (χ0) is 40.6. The molecule has 56 heavy (non-hydrogen) atoms. The van der Waals surface area contributed by atoms with Gasteiger partial charge in [0, 0.05) is 36.3 Å². The Kier molecular flexibility index (Phi) is 11.7. The van der Waals surface area contributed by atoms with E-state index in [0.29, 0.717) is 11.1 Å². The van der Waals surface area contributed by atoms with Gasteiger partial charge in [-0.2, -0.15) is 0 Å². The molecular formula is C38H41NO17. The van der Waals surface area contributed by atoms with Crippen LogP contribution in [0.15, 0.2) is 63.8 Å². The second-order valence-electron chi connectivity index (χ2n) is 13.7. The third-order valence-corrected chi connectivity index (χ3v) is 9.86. The van der Waals surface area contributed by atoms with Crippen molar-refractivity contribution in [1.82, 2.24) is 5.32 Å². The van der Waals surface area contributed by atoms with Crippen LogP contribution in [0, 0.1) is 12.8 Å². The lowest BCUT2D eigenvalue weighted by Crippen LogP contribution is -2.66. The lowest BCUT2D eigenvalue weighted by Gasteiger charge is -2.47. The van der Waals surface area contributed by atoms with Crippen LogP contribution in [0.5, 0.6) is 34.5 Å². The molecule has 300 valence electrons. The molecule has 3 aromatic carbocycles. The van der Waals surface area contributed by atoms with Crippen LogP contribution in [0.4, 0.5) is 0 Å². The highest BCUT2D eigenvalue weighted by atomic mass is 16.7. The Balaban J connectivity index is 1.20. The maximum absolute atomic E-state index is 13.9. The Labute approximate surface area is 316 Å². The molecule has 10 atom stereocenters. The summed E-state index contributed by atoms with van der Waals surface area (Å²) in [5, 5.41) is 117. The van der Waals surface area contributed by atoms with Gasteiger partial charge in [-0.05, 0) is 60.9 Å². The lowest BCUT2D eigenvalue weighted by molar-refractivity contribution is -0.315. The van der Waals surface area contributed by atoms with E-state index >= 15 is 0 Å². The van der Waals surface area contributed by atoms with E-state index in [4.69, 9.17) is 18.6 Å². The van der Waals surface area contributed by atoms with Crippen molar-refractivity contribution >= 4 is 23.0 Å². The molecule has 6 rings (SSSR count). The minimum atomic E-state index is -1.90. The van der Waals surface area contributed by atoms with E-state index in [1.807, 2.05) is 0 Å². The van der Waals surface area contributed by atoms with Crippen LogP contribution >= 0.6 is 0 Å². The Morgan fingerprint density at radius 3 is 2.27 bits per heavy atom. The van der Waals surface area contributed by atoms with Crippen LogP contribution < -0.4 is 15.5 Å². The summed E-state index contributed by atoms with van der Waals surface area (Å²) in [5.74, 6) is -4.48. The highest BCUT2D eigenvalue weighted by molar-refractivity contribution is 5.92. The number of aliphatic hydroxyl groups is 6. The van der Waals surface area contributed by atoms with Gasteiger partial charge in [0.25, 0.3) is 0 Å². The molecule has 0 unspecified atom stereocenters. The van der Waals surface area contributed by atoms with Gasteiger partial charge in [-0.15, -0.1) is 0 Å². The summed E-state index contributed by atoms with van der Waals surface area (Å²) in [7, 11) is 0. The van der Waals surface area contributed by atoms with Gasteiger partial charge < -0.3 is 80.1 Å². The number of aliphatic hydroxyl groups excluding tert-OH is 6. The molecule has 0 radical (unpaired) electrons. The third-order valence-electron chi connectivity index (χ3n) is 9.86. The number of hydrogen-bond donors (Lipinski definition) is 12. The number of carbonyl (C=O) groups excluding carboxylic acids is 1. The first-order chi connectivity index (χ1) is 26.6. The minimum Gasteiger partial charge on any atom is -0.508 e. The first-order valence-corrected chi connectivity index (χ1v) is 17.4. The molecule has 1 aliphatic heterocycles. The highest BCUT2D eigenvalue weighted by Gasteiger charge is 2.51. The number of nitrogens with one attached hydrogen (secondary N) is 1. The molecule has 1 amide bonds. The average Bonchev–Trinajstić information content (AvgIpc) is 3.16. The molecule has 4 aromatic rings. The van der Waals surface area contributed by atoms with Crippen molar-refractivity contribution in [3.05, 3.63) is 76.0 Å². The van der Waals surface area contributed by atoms with E-state index in [0.717, 1.165) is 18.2 Å². The molecule has 18 heteroatoms. The summed E-state index contributed by atoms with van der Waals surface area (Å²) in [4.78, 5) is 26.5. The molecular weight excluding hydrogens is 742 g/mol. The Hall–Kier alpha value is -5.44. The van der Waals surface area contributed by atoms with E-state index in [1.54, 1.807) is 6.92 Å². The number of ether oxygens (including phenoxy) is 3. The fourth-order valence-electron chi connectivity index (χ4n) is 6.83. The Bertz CT molecular complexity index is 2170. The number of phenols is 5. The number of rotatable bonds is 10. The summed E-state index contributed by atoms with van der Waals surface area (Å²) < 4.78 is 23.5. The topological polar surface area (TPSA) is 310 Å². The van der Waals surface area contributed by atoms with Crippen molar-refractivity contribution in [3.63, 3.8) is 0 Å². The van der Waals surface area contributed by atoms with E-state index in [9.17, 15) is 65.8 Å². The van der Waals surface area contributed by atoms with Gasteiger partial charge in [0.2, 0.25) is 17.1 Å². The zero-order valence-electron chi connectivity index (χ0n) is 29.5. The number of hydrogen-bond acceptors (Lipinski definition) is 17. The minimum absolute atomic E-state index is 0.0656. The van der Waals surface area contributed by atoms with E-state index in [1.165, 1.54) is 42.5 Å². The number of aryl methyl sites for hydroxylation is 1. The monoisotopic (exact) mass is 783 g/mol. The van der Waals surface area contributed by atoms with Crippen molar-refractivity contribution < 1.29 is 79.6 Å². The normalized spacial score (nSPS) is 28.1. The van der Waals surface area contributed by atoms with Gasteiger partial charge in [-0.1, -0.05) is 6.07 Å². The molecule has 2 aliphatic rings. The number of fused-ring (bicyclic) bond motifs is 1. The fraction of sp³-hybridized carbons (Fsp3) is 0.368. The lowest BCUT2D eigenvalue weighted by atomic mass is 9.80. The molecule has 1 saturated carbocycles. The van der Waals surface area contributed by atoms with Gasteiger partial charge in [-0.25, -0.2) is 0 Å². The molecule has 1 aromatic heterocycles. The standard InChI is InChI=1S/C38H41NO17/c1-15-8-17(4-6-20(15)43)36-37(31(49)28-23(46)11-19(42)12-24(28)53-36)54-25-10-18(13-40)35(33(51)30(25)48)56-38-34(52)32(50)29(26(14-41)55-38)39-27(47)7-3-16-2-5-21(44)22(45)9-16/h2-9,11-12,18,25-26,29-30,32-35,38,40-46,48,50-52H,10,13-14H2,1H3,(H,39,47)/b7-3+/t18-,25-,26-,29+,30+,32+,33-,34-,35-,38+/m1/s1. The summed E-state index contributed by atoms with van der Waals surface area (Å²) in [6.45, 7) is 0.107. The largest absolute Gasteiger partial charge is 0.508 e. The number of amides is 1. The van der Waals surface area contributed by atoms with Crippen molar-refractivity contribution in [2.24, 2.45) is 5.92 Å². The third kappa shape index (κ3) is 7.95. The molecule has 0 bridgehead atoms. The van der Waals surface area contributed by atoms with Gasteiger partial charge in [0.05, 0.1) is 18.8 Å². The zero-order valence-corrected chi connectivity index (χ0v) is 29.5. The molecule has 1 saturated heterocycles. The molecule has 0 spiro atoms. The predicted molar refractivity (Wildman–Crippen MR) is 193 cm³/mol. The quantitative estimate of drug-likeness (QED) is 0.0732. The van der Waals surface area contributed by atoms with Gasteiger partial charge in [0.15, 0.2) is 23.5 Å².